The summed E-state index contributed by atoms with van der Waals surface area (Å²) in [6.07, 6.45) is -0.884. The normalized spacial score (nSPS) is 11.7. The van der Waals surface area contributed by atoms with Crippen molar-refractivity contribution in [2.75, 3.05) is 11.9 Å². The lowest BCUT2D eigenvalue weighted by Crippen LogP contribution is -2.37. The van der Waals surface area contributed by atoms with Gasteiger partial charge in [-0.1, -0.05) is 41.9 Å². The number of aliphatic hydroxyl groups is 1. The van der Waals surface area contributed by atoms with Crippen LogP contribution < -0.4 is 10.6 Å². The van der Waals surface area contributed by atoms with Gasteiger partial charge in [-0.3, -0.25) is 9.59 Å². The maximum atomic E-state index is 11.9. The number of aryl methyl sites for hydroxylation is 2. The lowest BCUT2D eigenvalue weighted by atomic mass is 10.0. The first-order valence-corrected chi connectivity index (χ1v) is 7.85. The number of hydrogen-bond donors (Lipinski definition) is 3. The zero-order chi connectivity index (χ0) is 17.7. The molecule has 0 bridgehead atoms. The molecule has 0 saturated carbocycles. The largest absolute Gasteiger partial charge is 0.387 e. The van der Waals surface area contributed by atoms with Crippen molar-refractivity contribution in [3.8, 4) is 0 Å². The van der Waals surface area contributed by atoms with Gasteiger partial charge in [-0.2, -0.15) is 0 Å². The van der Waals surface area contributed by atoms with E-state index in [1.165, 1.54) is 0 Å². The minimum absolute atomic E-state index is 0.0569. The number of aliphatic hydroxyl groups excluding tert-OH is 1. The van der Waals surface area contributed by atoms with E-state index in [9.17, 15) is 14.7 Å². The molecule has 0 saturated heterocycles. The molecule has 3 N–H and O–H groups in total. The summed E-state index contributed by atoms with van der Waals surface area (Å²) in [6, 6.07) is 12.4. The van der Waals surface area contributed by atoms with Gasteiger partial charge in [-0.15, -0.1) is 0 Å². The standard InChI is InChI=1S/C18H19ClN2O3/c1-11-7-8-14(19)15(9-11)21-18(24)17(23)20-10-16(22)13-6-4-3-5-12(13)2/h3-9,16,22H,10H2,1-2H3,(H,20,23)(H,21,24). The Labute approximate surface area is 145 Å². The average Bonchev–Trinajstić information content (AvgIpc) is 2.56. The summed E-state index contributed by atoms with van der Waals surface area (Å²) in [6.45, 7) is 3.66. The molecule has 1 unspecified atom stereocenters. The van der Waals surface area contributed by atoms with Crippen molar-refractivity contribution in [3.63, 3.8) is 0 Å². The predicted molar refractivity (Wildman–Crippen MR) is 94.0 cm³/mol. The zero-order valence-electron chi connectivity index (χ0n) is 13.5. The summed E-state index contributed by atoms with van der Waals surface area (Å²) in [4.78, 5) is 23.8. The second-order valence-corrected chi connectivity index (χ2v) is 5.93. The van der Waals surface area contributed by atoms with Gasteiger partial charge < -0.3 is 15.7 Å². The molecule has 5 nitrogen and oxygen atoms in total. The molecule has 2 amide bonds. The monoisotopic (exact) mass is 346 g/mol. The number of amides is 2. The van der Waals surface area contributed by atoms with E-state index in [1.54, 1.807) is 30.3 Å². The lowest BCUT2D eigenvalue weighted by Gasteiger charge is -2.14. The molecule has 2 rings (SSSR count). The third kappa shape index (κ3) is 4.57. The highest BCUT2D eigenvalue weighted by Gasteiger charge is 2.17. The van der Waals surface area contributed by atoms with Crippen LogP contribution in [0, 0.1) is 13.8 Å². The molecule has 0 fully saturated rings. The Bertz CT molecular complexity index is 762. The van der Waals surface area contributed by atoms with Crippen LogP contribution in [-0.4, -0.2) is 23.5 Å². The van der Waals surface area contributed by atoms with Crippen molar-refractivity contribution < 1.29 is 14.7 Å². The first-order chi connectivity index (χ1) is 11.4. The quantitative estimate of drug-likeness (QED) is 0.745. The number of carbonyl (C=O) groups excluding carboxylic acids is 2. The molecule has 0 aliphatic rings. The van der Waals surface area contributed by atoms with Gasteiger partial charge >= 0.3 is 11.8 Å². The van der Waals surface area contributed by atoms with Crippen LogP contribution in [0.3, 0.4) is 0 Å². The summed E-state index contributed by atoms with van der Waals surface area (Å²) in [5.41, 5.74) is 2.90. The van der Waals surface area contributed by atoms with Crippen molar-refractivity contribution in [1.29, 1.82) is 0 Å². The topological polar surface area (TPSA) is 78.4 Å². The Morgan fingerprint density at radius 2 is 1.83 bits per heavy atom. The number of rotatable bonds is 4. The van der Waals surface area contributed by atoms with E-state index in [1.807, 2.05) is 26.0 Å². The van der Waals surface area contributed by atoms with Crippen molar-refractivity contribution in [3.05, 3.63) is 64.2 Å². The molecule has 2 aromatic carbocycles. The van der Waals surface area contributed by atoms with E-state index in [0.29, 0.717) is 16.3 Å². The van der Waals surface area contributed by atoms with Gasteiger partial charge in [0, 0.05) is 6.54 Å². The summed E-state index contributed by atoms with van der Waals surface area (Å²) in [7, 11) is 0. The molecule has 6 heteroatoms. The molecule has 1 atom stereocenters. The fourth-order valence-corrected chi connectivity index (χ4v) is 2.42. The van der Waals surface area contributed by atoms with Crippen LogP contribution >= 0.6 is 11.6 Å². The van der Waals surface area contributed by atoms with E-state index in [2.05, 4.69) is 10.6 Å². The Morgan fingerprint density at radius 3 is 2.54 bits per heavy atom. The van der Waals surface area contributed by atoms with Crippen LogP contribution in [0.25, 0.3) is 0 Å². The minimum atomic E-state index is -0.884. The minimum Gasteiger partial charge on any atom is -0.387 e. The summed E-state index contributed by atoms with van der Waals surface area (Å²) < 4.78 is 0. The van der Waals surface area contributed by atoms with Gasteiger partial charge in [0.15, 0.2) is 0 Å². The van der Waals surface area contributed by atoms with Crippen molar-refractivity contribution in [1.82, 2.24) is 5.32 Å². The number of benzene rings is 2. The molecule has 0 aromatic heterocycles. The lowest BCUT2D eigenvalue weighted by molar-refractivity contribution is -0.136. The van der Waals surface area contributed by atoms with Crippen molar-refractivity contribution in [2.24, 2.45) is 0 Å². The maximum absolute atomic E-state index is 11.9. The van der Waals surface area contributed by atoms with E-state index in [4.69, 9.17) is 11.6 Å². The third-order valence-electron chi connectivity index (χ3n) is 3.58. The Hall–Kier alpha value is -2.37. The van der Waals surface area contributed by atoms with Gasteiger partial charge in [-0.25, -0.2) is 0 Å². The van der Waals surface area contributed by atoms with E-state index in [0.717, 1.165) is 11.1 Å². The van der Waals surface area contributed by atoms with Crippen molar-refractivity contribution in [2.45, 2.75) is 20.0 Å². The van der Waals surface area contributed by atoms with Crippen LogP contribution in [0.4, 0.5) is 5.69 Å². The fourth-order valence-electron chi connectivity index (χ4n) is 2.25. The molecule has 0 spiro atoms. The molecule has 2 aromatic rings. The summed E-state index contributed by atoms with van der Waals surface area (Å²) in [5.74, 6) is -1.67. The number of nitrogens with one attached hydrogen (secondary N) is 2. The third-order valence-corrected chi connectivity index (χ3v) is 3.91. The van der Waals surface area contributed by atoms with Crippen LogP contribution in [-0.2, 0) is 9.59 Å². The Balaban J connectivity index is 1.93. The van der Waals surface area contributed by atoms with Crippen molar-refractivity contribution >= 4 is 29.1 Å². The van der Waals surface area contributed by atoms with E-state index < -0.39 is 17.9 Å². The van der Waals surface area contributed by atoms with Crippen LogP contribution in [0.2, 0.25) is 5.02 Å². The number of carbonyl (C=O) groups is 2. The molecule has 0 radical (unpaired) electrons. The van der Waals surface area contributed by atoms with E-state index in [-0.39, 0.29) is 6.54 Å². The number of anilines is 1. The highest BCUT2D eigenvalue weighted by atomic mass is 35.5. The molecule has 0 aliphatic carbocycles. The van der Waals surface area contributed by atoms with Gasteiger partial charge in [-0.05, 0) is 42.7 Å². The highest BCUT2D eigenvalue weighted by Crippen LogP contribution is 2.22. The van der Waals surface area contributed by atoms with Crippen LogP contribution in [0.1, 0.15) is 22.8 Å². The number of halogens is 1. The summed E-state index contributed by atoms with van der Waals surface area (Å²) in [5, 5.41) is 15.4. The smallest absolute Gasteiger partial charge is 0.313 e. The second kappa shape index (κ2) is 7.95. The SMILES string of the molecule is Cc1ccc(Cl)c(NC(=O)C(=O)NCC(O)c2ccccc2C)c1. The highest BCUT2D eigenvalue weighted by molar-refractivity contribution is 6.41. The molecule has 0 aliphatic heterocycles. The van der Waals surface area contributed by atoms with Gasteiger partial charge in [0.1, 0.15) is 0 Å². The Morgan fingerprint density at radius 1 is 1.12 bits per heavy atom. The van der Waals surface area contributed by atoms with Crippen LogP contribution in [0.15, 0.2) is 42.5 Å². The zero-order valence-corrected chi connectivity index (χ0v) is 14.2. The average molecular weight is 347 g/mol. The molecule has 126 valence electrons. The first kappa shape index (κ1) is 18.0. The maximum Gasteiger partial charge on any atom is 0.313 e. The predicted octanol–water partition coefficient (Wildman–Crippen LogP) is 2.75. The van der Waals surface area contributed by atoms with Gasteiger partial charge in [0.25, 0.3) is 0 Å². The summed E-state index contributed by atoms with van der Waals surface area (Å²) >= 11 is 5.98. The second-order valence-electron chi connectivity index (χ2n) is 5.52. The molecule has 0 heterocycles. The van der Waals surface area contributed by atoms with E-state index >= 15 is 0 Å². The molecule has 24 heavy (non-hydrogen) atoms. The first-order valence-electron chi connectivity index (χ1n) is 7.47. The number of hydrogen-bond acceptors (Lipinski definition) is 3. The van der Waals surface area contributed by atoms with Gasteiger partial charge in [0.2, 0.25) is 0 Å². The Kier molecular flexibility index (Phi) is 5.95. The molecular weight excluding hydrogens is 328 g/mol. The fraction of sp³-hybridized carbons (Fsp3) is 0.222. The van der Waals surface area contributed by atoms with Crippen LogP contribution in [0.5, 0.6) is 0 Å². The molecular formula is C18H19ClN2O3. The van der Waals surface area contributed by atoms with Gasteiger partial charge in [0.05, 0.1) is 16.8 Å².